The van der Waals surface area contributed by atoms with Gasteiger partial charge in [0.25, 0.3) is 0 Å². The largest absolute Gasteiger partial charge is 0.382 e. The van der Waals surface area contributed by atoms with E-state index in [0.29, 0.717) is 16.7 Å². The molecule has 0 bridgehead atoms. The Labute approximate surface area is 112 Å². The first kappa shape index (κ1) is 12.9. The summed E-state index contributed by atoms with van der Waals surface area (Å²) in [4.78, 5) is 4.22. The second kappa shape index (κ2) is 4.61. The monoisotopic (exact) mass is 264 g/mol. The van der Waals surface area contributed by atoms with Crippen molar-refractivity contribution in [3.63, 3.8) is 0 Å². The van der Waals surface area contributed by atoms with Gasteiger partial charge in [0.15, 0.2) is 5.82 Å². The molecule has 96 valence electrons. The standard InChI is InChI=1S/C13H17ClN4/c1-13(2,3)8-9-11(14)12(15)18(17-9)10-6-4-5-7-16-10/h4-7H,8,15H2,1-3H3. The van der Waals surface area contributed by atoms with Gasteiger partial charge in [-0.2, -0.15) is 9.78 Å². The molecule has 5 heteroatoms. The molecule has 0 aliphatic carbocycles. The number of pyridine rings is 1. The summed E-state index contributed by atoms with van der Waals surface area (Å²) in [5, 5.41) is 4.99. The molecule has 0 aliphatic heterocycles. The van der Waals surface area contributed by atoms with Crippen molar-refractivity contribution in [1.82, 2.24) is 14.8 Å². The van der Waals surface area contributed by atoms with Gasteiger partial charge in [0, 0.05) is 6.20 Å². The zero-order valence-electron chi connectivity index (χ0n) is 10.8. The van der Waals surface area contributed by atoms with Crippen LogP contribution in [0.1, 0.15) is 26.5 Å². The molecule has 0 unspecified atom stereocenters. The molecular weight excluding hydrogens is 248 g/mol. The van der Waals surface area contributed by atoms with Gasteiger partial charge < -0.3 is 5.73 Å². The predicted molar refractivity (Wildman–Crippen MR) is 73.9 cm³/mol. The van der Waals surface area contributed by atoms with Gasteiger partial charge in [0.1, 0.15) is 10.8 Å². The number of hydrogen-bond donors (Lipinski definition) is 1. The fourth-order valence-corrected chi connectivity index (χ4v) is 1.91. The van der Waals surface area contributed by atoms with Crippen LogP contribution in [-0.4, -0.2) is 14.8 Å². The van der Waals surface area contributed by atoms with Gasteiger partial charge >= 0.3 is 0 Å². The number of hydrogen-bond acceptors (Lipinski definition) is 3. The fourth-order valence-electron chi connectivity index (χ4n) is 1.73. The van der Waals surface area contributed by atoms with Crippen molar-refractivity contribution < 1.29 is 0 Å². The van der Waals surface area contributed by atoms with Crippen LogP contribution < -0.4 is 5.73 Å². The molecule has 0 saturated heterocycles. The summed E-state index contributed by atoms with van der Waals surface area (Å²) in [5.74, 6) is 1.12. The minimum Gasteiger partial charge on any atom is -0.382 e. The van der Waals surface area contributed by atoms with Crippen LogP contribution in [0.4, 0.5) is 5.82 Å². The molecule has 2 aromatic heterocycles. The van der Waals surface area contributed by atoms with Crippen LogP contribution in [-0.2, 0) is 6.42 Å². The van der Waals surface area contributed by atoms with Gasteiger partial charge in [0.2, 0.25) is 0 Å². The third kappa shape index (κ3) is 2.64. The number of nitrogens with two attached hydrogens (primary N) is 1. The quantitative estimate of drug-likeness (QED) is 0.907. The summed E-state index contributed by atoms with van der Waals surface area (Å²) in [7, 11) is 0. The maximum absolute atomic E-state index is 6.23. The number of halogens is 1. The molecule has 2 aromatic rings. The molecule has 0 spiro atoms. The molecular formula is C13H17ClN4. The summed E-state index contributed by atoms with van der Waals surface area (Å²) in [6, 6.07) is 5.59. The zero-order chi connectivity index (χ0) is 13.3. The second-order valence-electron chi connectivity index (χ2n) is 5.48. The molecule has 0 radical (unpaired) electrons. The van der Waals surface area contributed by atoms with E-state index in [9.17, 15) is 0 Å². The third-order valence-corrected chi connectivity index (χ3v) is 2.90. The van der Waals surface area contributed by atoms with Gasteiger partial charge in [0.05, 0.1) is 5.69 Å². The lowest BCUT2D eigenvalue weighted by atomic mass is 9.91. The topological polar surface area (TPSA) is 56.7 Å². The molecule has 0 amide bonds. The number of nitrogen functional groups attached to an aromatic ring is 1. The van der Waals surface area contributed by atoms with Crippen LogP contribution in [0, 0.1) is 5.41 Å². The van der Waals surface area contributed by atoms with E-state index >= 15 is 0 Å². The third-order valence-electron chi connectivity index (χ3n) is 2.49. The van der Waals surface area contributed by atoms with E-state index in [1.165, 1.54) is 0 Å². The van der Waals surface area contributed by atoms with E-state index < -0.39 is 0 Å². The van der Waals surface area contributed by atoms with Gasteiger partial charge in [-0.3, -0.25) is 0 Å². The SMILES string of the molecule is CC(C)(C)Cc1nn(-c2ccccn2)c(N)c1Cl. The van der Waals surface area contributed by atoms with Crippen LogP contribution in [0.25, 0.3) is 5.82 Å². The van der Waals surface area contributed by atoms with Crippen LogP contribution in [0.2, 0.25) is 5.02 Å². The summed E-state index contributed by atoms with van der Waals surface area (Å²) in [6.07, 6.45) is 2.48. The van der Waals surface area contributed by atoms with Crippen molar-refractivity contribution in [1.29, 1.82) is 0 Å². The average molecular weight is 265 g/mol. The first-order valence-corrected chi connectivity index (χ1v) is 6.20. The highest BCUT2D eigenvalue weighted by Gasteiger charge is 2.20. The van der Waals surface area contributed by atoms with Crippen molar-refractivity contribution in [2.24, 2.45) is 5.41 Å². The van der Waals surface area contributed by atoms with Crippen molar-refractivity contribution in [2.45, 2.75) is 27.2 Å². The molecule has 0 aliphatic rings. The highest BCUT2D eigenvalue weighted by atomic mass is 35.5. The average Bonchev–Trinajstić information content (AvgIpc) is 2.57. The van der Waals surface area contributed by atoms with E-state index in [1.807, 2.05) is 18.2 Å². The lowest BCUT2D eigenvalue weighted by molar-refractivity contribution is 0.405. The first-order valence-electron chi connectivity index (χ1n) is 5.83. The van der Waals surface area contributed by atoms with E-state index in [1.54, 1.807) is 10.9 Å². The van der Waals surface area contributed by atoms with Crippen LogP contribution in [0.5, 0.6) is 0 Å². The molecule has 4 nitrogen and oxygen atoms in total. The normalized spacial score (nSPS) is 11.8. The minimum absolute atomic E-state index is 0.110. The Hall–Kier alpha value is -1.55. The maximum atomic E-state index is 6.23. The van der Waals surface area contributed by atoms with Crippen molar-refractivity contribution >= 4 is 17.4 Å². The van der Waals surface area contributed by atoms with E-state index in [4.69, 9.17) is 17.3 Å². The fraction of sp³-hybridized carbons (Fsp3) is 0.385. The molecule has 2 heterocycles. The number of aromatic nitrogens is 3. The lowest BCUT2D eigenvalue weighted by Crippen LogP contribution is -2.10. The smallest absolute Gasteiger partial charge is 0.155 e. The molecule has 2 rings (SSSR count). The first-order chi connectivity index (χ1) is 8.38. The van der Waals surface area contributed by atoms with Gasteiger partial charge in [-0.1, -0.05) is 38.4 Å². The van der Waals surface area contributed by atoms with E-state index in [0.717, 1.165) is 12.1 Å². The molecule has 0 fully saturated rings. The lowest BCUT2D eigenvalue weighted by Gasteiger charge is -2.16. The van der Waals surface area contributed by atoms with E-state index in [-0.39, 0.29) is 5.41 Å². The summed E-state index contributed by atoms with van der Waals surface area (Å²) in [5.41, 5.74) is 6.91. The Kier molecular flexibility index (Phi) is 3.30. The minimum atomic E-state index is 0.110. The Morgan fingerprint density at radius 3 is 2.61 bits per heavy atom. The Morgan fingerprint density at radius 1 is 1.33 bits per heavy atom. The predicted octanol–water partition coefficient (Wildman–Crippen LogP) is 3.09. The van der Waals surface area contributed by atoms with Crippen molar-refractivity contribution in [3.8, 4) is 5.82 Å². The zero-order valence-corrected chi connectivity index (χ0v) is 11.6. The van der Waals surface area contributed by atoms with Gasteiger partial charge in [-0.15, -0.1) is 0 Å². The van der Waals surface area contributed by atoms with Crippen molar-refractivity contribution in [2.75, 3.05) is 5.73 Å². The molecule has 0 saturated carbocycles. The molecule has 0 aromatic carbocycles. The van der Waals surface area contributed by atoms with Crippen LogP contribution in [0.3, 0.4) is 0 Å². The Bertz CT molecular complexity index is 540. The van der Waals surface area contributed by atoms with Gasteiger partial charge in [-0.05, 0) is 24.0 Å². The molecule has 18 heavy (non-hydrogen) atoms. The molecule has 2 N–H and O–H groups in total. The summed E-state index contributed by atoms with van der Waals surface area (Å²) < 4.78 is 1.59. The number of rotatable bonds is 2. The Morgan fingerprint density at radius 2 is 2.06 bits per heavy atom. The number of nitrogens with zero attached hydrogens (tertiary/aromatic N) is 3. The second-order valence-corrected chi connectivity index (χ2v) is 5.86. The number of anilines is 1. The van der Waals surface area contributed by atoms with Crippen LogP contribution >= 0.6 is 11.6 Å². The highest BCUT2D eigenvalue weighted by molar-refractivity contribution is 6.33. The summed E-state index contributed by atoms with van der Waals surface area (Å²) >= 11 is 6.23. The van der Waals surface area contributed by atoms with Crippen LogP contribution in [0.15, 0.2) is 24.4 Å². The summed E-state index contributed by atoms with van der Waals surface area (Å²) in [6.45, 7) is 6.41. The highest BCUT2D eigenvalue weighted by Crippen LogP contribution is 2.30. The maximum Gasteiger partial charge on any atom is 0.155 e. The van der Waals surface area contributed by atoms with E-state index in [2.05, 4.69) is 30.9 Å². The molecule has 0 atom stereocenters. The van der Waals surface area contributed by atoms with Crippen molar-refractivity contribution in [3.05, 3.63) is 35.1 Å². The Balaban J connectivity index is 2.43. The van der Waals surface area contributed by atoms with Gasteiger partial charge in [-0.25, -0.2) is 4.98 Å².